The van der Waals surface area contributed by atoms with Crippen molar-refractivity contribution in [2.24, 2.45) is 11.5 Å². The van der Waals surface area contributed by atoms with Crippen LogP contribution in [0, 0.1) is 0 Å². The van der Waals surface area contributed by atoms with E-state index in [1.54, 1.807) is 24.3 Å². The van der Waals surface area contributed by atoms with Gasteiger partial charge in [0.15, 0.2) is 0 Å². The van der Waals surface area contributed by atoms with Gasteiger partial charge in [0.2, 0.25) is 0 Å². The van der Waals surface area contributed by atoms with Crippen LogP contribution in [-0.4, -0.2) is 48.1 Å². The Morgan fingerprint density at radius 2 is 1.00 bits per heavy atom. The molecule has 0 aliphatic rings. The fraction of sp³-hybridized carbons (Fsp3) is 0.222. The first kappa shape index (κ1) is 25.3. The SMILES string of the molecule is CC(=O)Oc1ccccc1.CC(=O)Oc1ccccc1.NCCN.[MgH2]. The van der Waals surface area contributed by atoms with Crippen LogP contribution in [0.2, 0.25) is 0 Å². The van der Waals surface area contributed by atoms with Gasteiger partial charge in [-0.05, 0) is 24.3 Å². The van der Waals surface area contributed by atoms with Gasteiger partial charge in [0, 0.05) is 26.9 Å². The molecule has 0 aliphatic heterocycles. The Morgan fingerprint density at radius 3 is 1.20 bits per heavy atom. The minimum Gasteiger partial charge on any atom is -0.427 e. The van der Waals surface area contributed by atoms with Crippen LogP contribution in [0.4, 0.5) is 0 Å². The molecule has 134 valence electrons. The Kier molecular flexibility index (Phi) is 17.1. The van der Waals surface area contributed by atoms with Crippen molar-refractivity contribution >= 4 is 35.0 Å². The van der Waals surface area contributed by atoms with E-state index in [2.05, 4.69) is 0 Å². The molecule has 0 saturated heterocycles. The average Bonchev–Trinajstić information content (AvgIpc) is 2.56. The molecule has 0 heterocycles. The third kappa shape index (κ3) is 16.7. The highest BCUT2D eigenvalue weighted by Crippen LogP contribution is 2.08. The molecule has 2 aromatic rings. The van der Waals surface area contributed by atoms with Crippen molar-refractivity contribution in [3.63, 3.8) is 0 Å². The van der Waals surface area contributed by atoms with Crippen LogP contribution in [0.25, 0.3) is 0 Å². The molecular formula is C18H26MgN2O4. The lowest BCUT2D eigenvalue weighted by molar-refractivity contribution is -0.132. The summed E-state index contributed by atoms with van der Waals surface area (Å²) in [5, 5.41) is 0. The summed E-state index contributed by atoms with van der Waals surface area (Å²) in [5.74, 6) is 0.613. The van der Waals surface area contributed by atoms with Crippen LogP contribution in [0.3, 0.4) is 0 Å². The van der Waals surface area contributed by atoms with Crippen LogP contribution in [0.5, 0.6) is 11.5 Å². The molecular weight excluding hydrogens is 333 g/mol. The predicted octanol–water partition coefficient (Wildman–Crippen LogP) is 1.21. The molecule has 0 aromatic heterocycles. The van der Waals surface area contributed by atoms with Gasteiger partial charge in [-0.15, -0.1) is 0 Å². The van der Waals surface area contributed by atoms with E-state index in [9.17, 15) is 9.59 Å². The molecule has 0 unspecified atom stereocenters. The molecule has 2 aromatic carbocycles. The molecule has 0 fully saturated rings. The number of para-hydroxylation sites is 2. The van der Waals surface area contributed by atoms with E-state index in [4.69, 9.17) is 20.9 Å². The summed E-state index contributed by atoms with van der Waals surface area (Å²) in [6, 6.07) is 18.0. The number of esters is 2. The second kappa shape index (κ2) is 16.9. The number of carbonyl (C=O) groups excluding carboxylic acids is 2. The number of ether oxygens (including phenoxy) is 2. The van der Waals surface area contributed by atoms with Gasteiger partial charge in [0.1, 0.15) is 11.5 Å². The molecule has 0 bridgehead atoms. The third-order valence-electron chi connectivity index (χ3n) is 2.18. The fourth-order valence-electron chi connectivity index (χ4n) is 1.31. The molecule has 0 aliphatic carbocycles. The number of rotatable bonds is 3. The minimum atomic E-state index is -0.286. The van der Waals surface area contributed by atoms with Gasteiger partial charge in [0.25, 0.3) is 0 Å². The normalized spacial score (nSPS) is 8.32. The van der Waals surface area contributed by atoms with Crippen molar-refractivity contribution in [2.75, 3.05) is 13.1 Å². The molecule has 0 amide bonds. The number of hydrogen-bond donors (Lipinski definition) is 2. The topological polar surface area (TPSA) is 105 Å². The standard InChI is InChI=1S/2C8H8O2.C2H8N2.Mg.2H/c2*1-7(9)10-8-5-3-2-4-6-8;3-1-2-4;;;/h2*2-6H,1H3;1-4H2;;;. The second-order valence-corrected chi connectivity index (χ2v) is 4.39. The van der Waals surface area contributed by atoms with Crippen molar-refractivity contribution in [1.82, 2.24) is 0 Å². The van der Waals surface area contributed by atoms with Gasteiger partial charge in [-0.25, -0.2) is 0 Å². The van der Waals surface area contributed by atoms with Gasteiger partial charge in [-0.3, -0.25) is 9.59 Å². The van der Waals surface area contributed by atoms with E-state index in [1.165, 1.54) is 13.8 Å². The number of nitrogens with two attached hydrogens (primary N) is 2. The Labute approximate surface area is 164 Å². The summed E-state index contributed by atoms with van der Waals surface area (Å²) in [5.41, 5.74) is 9.81. The van der Waals surface area contributed by atoms with Crippen LogP contribution >= 0.6 is 0 Å². The zero-order valence-corrected chi connectivity index (χ0v) is 14.0. The average molecular weight is 359 g/mol. The van der Waals surface area contributed by atoms with Crippen molar-refractivity contribution in [1.29, 1.82) is 0 Å². The van der Waals surface area contributed by atoms with Gasteiger partial charge in [-0.1, -0.05) is 36.4 Å². The first-order valence-corrected chi connectivity index (χ1v) is 7.36. The Bertz CT molecular complexity index is 527. The van der Waals surface area contributed by atoms with Gasteiger partial charge in [0.05, 0.1) is 0 Å². The van der Waals surface area contributed by atoms with E-state index >= 15 is 0 Å². The van der Waals surface area contributed by atoms with Crippen LogP contribution < -0.4 is 20.9 Å². The summed E-state index contributed by atoms with van der Waals surface area (Å²) in [4.78, 5) is 20.8. The maximum Gasteiger partial charge on any atom is 0.316 e. The lowest BCUT2D eigenvalue weighted by Crippen LogP contribution is -2.11. The summed E-state index contributed by atoms with van der Waals surface area (Å²) in [6.07, 6.45) is 0. The molecule has 2 rings (SSSR count). The summed E-state index contributed by atoms with van der Waals surface area (Å²) < 4.78 is 9.55. The third-order valence-corrected chi connectivity index (χ3v) is 2.18. The van der Waals surface area contributed by atoms with Crippen LogP contribution in [-0.2, 0) is 9.59 Å². The first-order valence-electron chi connectivity index (χ1n) is 7.36. The predicted molar refractivity (Wildman–Crippen MR) is 102 cm³/mol. The molecule has 0 radical (unpaired) electrons. The molecule has 7 heteroatoms. The minimum absolute atomic E-state index is 0. The Morgan fingerprint density at radius 1 is 0.720 bits per heavy atom. The molecule has 25 heavy (non-hydrogen) atoms. The summed E-state index contributed by atoms with van der Waals surface area (Å²) in [7, 11) is 0. The van der Waals surface area contributed by atoms with E-state index in [0.29, 0.717) is 24.6 Å². The zero-order valence-electron chi connectivity index (χ0n) is 14.0. The van der Waals surface area contributed by atoms with E-state index in [0.717, 1.165) is 0 Å². The summed E-state index contributed by atoms with van der Waals surface area (Å²) in [6.45, 7) is 3.96. The number of hydrogen-bond acceptors (Lipinski definition) is 6. The maximum absolute atomic E-state index is 10.4. The zero-order chi connectivity index (χ0) is 18.2. The highest BCUT2D eigenvalue weighted by molar-refractivity contribution is 5.75. The van der Waals surface area contributed by atoms with Gasteiger partial charge >= 0.3 is 35.0 Å². The second-order valence-electron chi connectivity index (χ2n) is 4.39. The Hall–Kier alpha value is -1.93. The van der Waals surface area contributed by atoms with E-state index in [-0.39, 0.29) is 35.0 Å². The monoisotopic (exact) mass is 358 g/mol. The number of benzene rings is 2. The first-order chi connectivity index (χ1) is 11.5. The van der Waals surface area contributed by atoms with Crippen LogP contribution in [0.1, 0.15) is 13.8 Å². The molecule has 4 N–H and O–H groups in total. The molecule has 6 nitrogen and oxygen atoms in total. The number of carbonyl (C=O) groups is 2. The van der Waals surface area contributed by atoms with Crippen molar-refractivity contribution in [3.8, 4) is 11.5 Å². The van der Waals surface area contributed by atoms with Gasteiger partial charge < -0.3 is 20.9 Å². The lowest BCUT2D eigenvalue weighted by atomic mass is 10.3. The van der Waals surface area contributed by atoms with Crippen molar-refractivity contribution < 1.29 is 19.1 Å². The Balaban J connectivity index is 0. The van der Waals surface area contributed by atoms with Gasteiger partial charge in [-0.2, -0.15) is 0 Å². The smallest absolute Gasteiger partial charge is 0.316 e. The van der Waals surface area contributed by atoms with Crippen LogP contribution in [0.15, 0.2) is 60.7 Å². The highest BCUT2D eigenvalue weighted by Gasteiger charge is 1.93. The highest BCUT2D eigenvalue weighted by atomic mass is 24.3. The van der Waals surface area contributed by atoms with E-state index < -0.39 is 0 Å². The molecule has 0 atom stereocenters. The lowest BCUT2D eigenvalue weighted by Gasteiger charge is -1.97. The molecule has 0 saturated carbocycles. The quantitative estimate of drug-likeness (QED) is 0.485. The van der Waals surface area contributed by atoms with Crippen molar-refractivity contribution in [2.45, 2.75) is 13.8 Å². The van der Waals surface area contributed by atoms with Crippen molar-refractivity contribution in [3.05, 3.63) is 60.7 Å². The largest absolute Gasteiger partial charge is 0.427 e. The maximum atomic E-state index is 10.4. The summed E-state index contributed by atoms with van der Waals surface area (Å²) >= 11 is 0. The molecule has 0 spiro atoms. The fourth-order valence-corrected chi connectivity index (χ4v) is 1.31. The van der Waals surface area contributed by atoms with E-state index in [1.807, 2.05) is 36.4 Å².